The van der Waals surface area contributed by atoms with Crippen molar-refractivity contribution in [3.05, 3.63) is 130 Å². The highest BCUT2D eigenvalue weighted by atomic mass is 16.5. The van der Waals surface area contributed by atoms with Crippen molar-refractivity contribution in [3.63, 3.8) is 0 Å². The zero-order valence-corrected chi connectivity index (χ0v) is 24.6. The Kier molecular flexibility index (Phi) is 6.66. The van der Waals surface area contributed by atoms with E-state index in [4.69, 9.17) is 14.2 Å². The van der Waals surface area contributed by atoms with Gasteiger partial charge in [-0.3, -0.25) is 5.32 Å². The summed E-state index contributed by atoms with van der Waals surface area (Å²) < 4.78 is 18.2. The summed E-state index contributed by atoms with van der Waals surface area (Å²) in [7, 11) is 1.72. The molecule has 0 aromatic heterocycles. The molecule has 1 amide bonds. The SMILES string of the molecule is CCOC(=O)Nc1ccc(C2(c3ccccc3)C=Cc3c(c4c(c5cc(C)c(OC)cc35)CCc3ccccc3-4)O2)cc1. The first-order chi connectivity index (χ1) is 21.0. The highest BCUT2D eigenvalue weighted by molar-refractivity contribution is 6.04. The van der Waals surface area contributed by atoms with E-state index in [1.54, 1.807) is 14.0 Å². The van der Waals surface area contributed by atoms with Crippen LogP contribution in [0.15, 0.2) is 97.1 Å². The molecule has 0 saturated heterocycles. The van der Waals surface area contributed by atoms with Crippen LogP contribution in [-0.4, -0.2) is 19.8 Å². The second-order valence-electron chi connectivity index (χ2n) is 11.1. The molecule has 5 nitrogen and oxygen atoms in total. The Morgan fingerprint density at radius 1 is 0.907 bits per heavy atom. The Hall–Kier alpha value is -5.03. The zero-order chi connectivity index (χ0) is 29.6. The van der Waals surface area contributed by atoms with Gasteiger partial charge in [0, 0.05) is 27.9 Å². The fourth-order valence-electron chi connectivity index (χ4n) is 6.61. The lowest BCUT2D eigenvalue weighted by Gasteiger charge is -2.39. The van der Waals surface area contributed by atoms with Crippen molar-refractivity contribution in [1.29, 1.82) is 0 Å². The third kappa shape index (κ3) is 4.43. The molecule has 0 spiro atoms. The van der Waals surface area contributed by atoms with E-state index in [0.29, 0.717) is 12.3 Å². The number of fused-ring (bicyclic) bond motifs is 8. The predicted octanol–water partition coefficient (Wildman–Crippen LogP) is 8.84. The second kappa shape index (κ2) is 10.7. The minimum absolute atomic E-state index is 0.312. The van der Waals surface area contributed by atoms with E-state index in [-0.39, 0.29) is 0 Å². The molecule has 5 aromatic rings. The summed E-state index contributed by atoms with van der Waals surface area (Å²) >= 11 is 0. The Balaban J connectivity index is 1.47. The van der Waals surface area contributed by atoms with Crippen molar-refractivity contribution in [3.8, 4) is 22.6 Å². The maximum atomic E-state index is 12.1. The van der Waals surface area contributed by atoms with Crippen LogP contribution in [0.4, 0.5) is 10.5 Å². The summed E-state index contributed by atoms with van der Waals surface area (Å²) in [5, 5.41) is 5.17. The topological polar surface area (TPSA) is 56.8 Å². The van der Waals surface area contributed by atoms with Crippen molar-refractivity contribution in [1.82, 2.24) is 0 Å². The molecule has 1 aliphatic carbocycles. The average Bonchev–Trinajstić information content (AvgIpc) is 3.05. The number of hydrogen-bond acceptors (Lipinski definition) is 4. The van der Waals surface area contributed by atoms with E-state index in [2.05, 4.69) is 72.9 Å². The largest absolute Gasteiger partial charge is 0.496 e. The van der Waals surface area contributed by atoms with E-state index in [1.807, 2.05) is 42.5 Å². The molecule has 1 N–H and O–H groups in total. The normalized spacial score (nSPS) is 16.4. The van der Waals surface area contributed by atoms with Crippen LogP contribution in [-0.2, 0) is 23.2 Å². The van der Waals surface area contributed by atoms with Crippen LogP contribution >= 0.6 is 0 Å². The standard InChI is InChI=1S/C38H33NO4/c1-4-42-37(40)39-28-17-15-27(16-18-28)38(26-11-6-5-7-12-26)21-20-31-33-23-34(41-3)24(2)22-32(33)30-19-14-25-10-8-9-13-29(25)35(30)36(31)43-38/h5-13,15-18,20-23H,4,14,19H2,1-3H3,(H,39,40). The molecule has 214 valence electrons. The summed E-state index contributed by atoms with van der Waals surface area (Å²) in [5.41, 5.74) is 8.94. The summed E-state index contributed by atoms with van der Waals surface area (Å²) in [5.74, 6) is 1.74. The number of aryl methyl sites for hydroxylation is 3. The summed E-state index contributed by atoms with van der Waals surface area (Å²) in [4.78, 5) is 12.1. The summed E-state index contributed by atoms with van der Waals surface area (Å²) in [6, 6.07) is 31.2. The smallest absolute Gasteiger partial charge is 0.411 e. The van der Waals surface area contributed by atoms with Gasteiger partial charge in [-0.05, 0) is 96.1 Å². The fraction of sp³-hybridized carbons (Fsp3) is 0.184. The minimum atomic E-state index is -0.890. The average molecular weight is 568 g/mol. The molecule has 2 aliphatic rings. The third-order valence-electron chi connectivity index (χ3n) is 8.64. The van der Waals surface area contributed by atoms with Gasteiger partial charge in [0.1, 0.15) is 11.5 Å². The van der Waals surface area contributed by atoms with Crippen LogP contribution in [0.2, 0.25) is 0 Å². The van der Waals surface area contributed by atoms with Crippen LogP contribution < -0.4 is 14.8 Å². The molecule has 0 bridgehead atoms. The van der Waals surface area contributed by atoms with Crippen LogP contribution in [0.5, 0.6) is 11.5 Å². The number of amides is 1. The first-order valence-corrected chi connectivity index (χ1v) is 14.8. The van der Waals surface area contributed by atoms with Gasteiger partial charge in [0.15, 0.2) is 5.60 Å². The molecule has 1 heterocycles. The Morgan fingerprint density at radius 2 is 1.65 bits per heavy atom. The summed E-state index contributed by atoms with van der Waals surface area (Å²) in [6.45, 7) is 4.20. The van der Waals surface area contributed by atoms with Gasteiger partial charge in [0.2, 0.25) is 0 Å². The van der Waals surface area contributed by atoms with E-state index in [0.717, 1.165) is 52.0 Å². The number of benzene rings is 5. The lowest BCUT2D eigenvalue weighted by molar-refractivity contribution is 0.162. The number of carbonyl (C=O) groups excluding carboxylic acids is 1. The van der Waals surface area contributed by atoms with E-state index in [9.17, 15) is 4.79 Å². The van der Waals surface area contributed by atoms with Gasteiger partial charge in [-0.2, -0.15) is 0 Å². The van der Waals surface area contributed by atoms with Crippen molar-refractivity contribution < 1.29 is 19.0 Å². The fourth-order valence-corrected chi connectivity index (χ4v) is 6.61. The second-order valence-corrected chi connectivity index (χ2v) is 11.1. The molecule has 1 atom stereocenters. The van der Waals surface area contributed by atoms with Gasteiger partial charge >= 0.3 is 6.09 Å². The number of anilines is 1. The molecular weight excluding hydrogens is 534 g/mol. The maximum absolute atomic E-state index is 12.1. The van der Waals surface area contributed by atoms with Crippen LogP contribution in [0.1, 0.15) is 40.3 Å². The molecule has 43 heavy (non-hydrogen) atoms. The van der Waals surface area contributed by atoms with Crippen LogP contribution in [0.25, 0.3) is 28.0 Å². The van der Waals surface area contributed by atoms with Gasteiger partial charge in [0.25, 0.3) is 0 Å². The Morgan fingerprint density at radius 3 is 2.42 bits per heavy atom. The highest BCUT2D eigenvalue weighted by Crippen LogP contribution is 2.53. The lowest BCUT2D eigenvalue weighted by Crippen LogP contribution is -2.35. The zero-order valence-electron chi connectivity index (χ0n) is 24.6. The number of carbonyl (C=O) groups is 1. The first kappa shape index (κ1) is 26.8. The van der Waals surface area contributed by atoms with Crippen molar-refractivity contribution in [2.24, 2.45) is 0 Å². The number of methoxy groups -OCH3 is 1. The number of ether oxygens (including phenoxy) is 3. The van der Waals surface area contributed by atoms with Gasteiger partial charge < -0.3 is 14.2 Å². The number of nitrogens with one attached hydrogen (secondary N) is 1. The highest BCUT2D eigenvalue weighted by Gasteiger charge is 2.40. The molecule has 1 unspecified atom stereocenters. The van der Waals surface area contributed by atoms with Crippen LogP contribution in [0.3, 0.4) is 0 Å². The third-order valence-corrected chi connectivity index (χ3v) is 8.64. The number of hydrogen-bond donors (Lipinski definition) is 1. The van der Waals surface area contributed by atoms with E-state index < -0.39 is 11.7 Å². The van der Waals surface area contributed by atoms with Crippen LogP contribution in [0, 0.1) is 6.92 Å². The molecule has 5 aromatic carbocycles. The number of rotatable bonds is 5. The Labute approximate surface area is 251 Å². The van der Waals surface area contributed by atoms with Crippen molar-refractivity contribution in [2.45, 2.75) is 32.3 Å². The van der Waals surface area contributed by atoms with E-state index in [1.165, 1.54) is 27.6 Å². The quantitative estimate of drug-likeness (QED) is 0.231. The summed E-state index contributed by atoms with van der Waals surface area (Å²) in [6.07, 6.45) is 5.81. The lowest BCUT2D eigenvalue weighted by atomic mass is 9.78. The molecular formula is C38H33NO4. The van der Waals surface area contributed by atoms with E-state index >= 15 is 0 Å². The monoisotopic (exact) mass is 567 g/mol. The molecule has 1 aliphatic heterocycles. The van der Waals surface area contributed by atoms with Gasteiger partial charge in [-0.1, -0.05) is 66.7 Å². The first-order valence-electron chi connectivity index (χ1n) is 14.8. The molecule has 0 fully saturated rings. The molecule has 0 radical (unpaired) electrons. The predicted molar refractivity (Wildman–Crippen MR) is 172 cm³/mol. The Bertz CT molecular complexity index is 1890. The van der Waals surface area contributed by atoms with Crippen molar-refractivity contribution in [2.75, 3.05) is 19.0 Å². The molecule has 0 saturated carbocycles. The molecule has 7 rings (SSSR count). The van der Waals surface area contributed by atoms with Crippen molar-refractivity contribution >= 4 is 28.6 Å². The molecule has 5 heteroatoms. The maximum Gasteiger partial charge on any atom is 0.411 e. The van der Waals surface area contributed by atoms with Gasteiger partial charge in [0.05, 0.1) is 13.7 Å². The minimum Gasteiger partial charge on any atom is -0.496 e. The van der Waals surface area contributed by atoms with Gasteiger partial charge in [-0.15, -0.1) is 0 Å². The van der Waals surface area contributed by atoms with Gasteiger partial charge in [-0.25, -0.2) is 4.79 Å².